The molecule has 0 aromatic heterocycles. The number of carbonyl (C=O) groups is 2. The van der Waals surface area contributed by atoms with Gasteiger partial charge in [0, 0.05) is 22.0 Å². The number of ether oxygens (including phenoxy) is 1. The molecule has 0 radical (unpaired) electrons. The Balaban J connectivity index is 1.72. The van der Waals surface area contributed by atoms with Crippen LogP contribution in [0.1, 0.15) is 29.3 Å². The van der Waals surface area contributed by atoms with Crippen LogP contribution in [0.3, 0.4) is 0 Å². The Hall–Kier alpha value is -2.21. The van der Waals surface area contributed by atoms with Crippen LogP contribution >= 0.6 is 15.9 Å². The molecule has 1 atom stereocenters. The predicted molar refractivity (Wildman–Crippen MR) is 91.9 cm³/mol. The Labute approximate surface area is 147 Å². The van der Waals surface area contributed by atoms with Crippen LogP contribution in [0, 0.1) is 5.82 Å². The molecule has 2 aromatic carbocycles. The quantitative estimate of drug-likeness (QED) is 0.852. The predicted octanol–water partition coefficient (Wildman–Crippen LogP) is 4.12. The first-order valence-electron chi connectivity index (χ1n) is 7.53. The van der Waals surface area contributed by atoms with Gasteiger partial charge in [-0.2, -0.15) is 0 Å². The molecule has 1 aliphatic carbocycles. The van der Waals surface area contributed by atoms with Gasteiger partial charge < -0.3 is 10.1 Å². The van der Waals surface area contributed by atoms with Gasteiger partial charge in [0.05, 0.1) is 5.69 Å². The van der Waals surface area contributed by atoms with Gasteiger partial charge in [-0.15, -0.1) is 0 Å². The van der Waals surface area contributed by atoms with E-state index in [4.69, 9.17) is 4.74 Å². The molecule has 0 heterocycles. The van der Waals surface area contributed by atoms with Gasteiger partial charge in [0.1, 0.15) is 11.6 Å². The third-order valence-electron chi connectivity index (χ3n) is 3.90. The second kappa shape index (κ2) is 6.73. The molecule has 124 valence electrons. The molecular formula is C18H15BrFNO3. The molecule has 6 heteroatoms. The lowest BCUT2D eigenvalue weighted by molar-refractivity contribution is -0.122. The van der Waals surface area contributed by atoms with Crippen LogP contribution in [0.15, 0.2) is 40.9 Å². The van der Waals surface area contributed by atoms with Gasteiger partial charge in [0.15, 0.2) is 11.9 Å². The van der Waals surface area contributed by atoms with E-state index >= 15 is 0 Å². The van der Waals surface area contributed by atoms with Crippen LogP contribution < -0.4 is 10.1 Å². The van der Waals surface area contributed by atoms with E-state index in [9.17, 15) is 14.0 Å². The highest BCUT2D eigenvalue weighted by Crippen LogP contribution is 2.31. The fourth-order valence-electron chi connectivity index (χ4n) is 2.64. The van der Waals surface area contributed by atoms with E-state index < -0.39 is 17.8 Å². The molecule has 3 rings (SSSR count). The van der Waals surface area contributed by atoms with Crippen LogP contribution in [0.5, 0.6) is 5.75 Å². The van der Waals surface area contributed by atoms with E-state index in [0.717, 1.165) is 5.56 Å². The van der Waals surface area contributed by atoms with Crippen LogP contribution in [0.4, 0.5) is 10.1 Å². The minimum atomic E-state index is -0.824. The van der Waals surface area contributed by atoms with E-state index in [1.54, 1.807) is 31.2 Å². The minimum Gasteiger partial charge on any atom is -0.481 e. The van der Waals surface area contributed by atoms with Gasteiger partial charge in [-0.3, -0.25) is 9.59 Å². The number of fused-ring (bicyclic) bond motifs is 1. The minimum absolute atomic E-state index is 0.0875. The first-order valence-corrected chi connectivity index (χ1v) is 8.32. The number of anilines is 1. The number of Topliss-reactive ketones (excluding diaryl/α,β-unsaturated/α-hetero) is 1. The number of hydrogen-bond acceptors (Lipinski definition) is 3. The summed E-state index contributed by atoms with van der Waals surface area (Å²) in [6.07, 6.45) is 0.246. The Morgan fingerprint density at radius 2 is 2.08 bits per heavy atom. The monoisotopic (exact) mass is 391 g/mol. The molecule has 0 bridgehead atoms. The lowest BCUT2D eigenvalue weighted by Crippen LogP contribution is -2.30. The van der Waals surface area contributed by atoms with Crippen molar-refractivity contribution in [3.63, 3.8) is 0 Å². The van der Waals surface area contributed by atoms with Crippen molar-refractivity contribution < 1.29 is 18.7 Å². The molecular weight excluding hydrogens is 377 g/mol. The van der Waals surface area contributed by atoms with E-state index in [1.165, 1.54) is 12.1 Å². The van der Waals surface area contributed by atoms with Gasteiger partial charge in [-0.25, -0.2) is 4.39 Å². The molecule has 24 heavy (non-hydrogen) atoms. The highest BCUT2D eigenvalue weighted by atomic mass is 79.9. The maximum Gasteiger partial charge on any atom is 0.265 e. The van der Waals surface area contributed by atoms with Gasteiger partial charge >= 0.3 is 0 Å². The summed E-state index contributed by atoms with van der Waals surface area (Å²) < 4.78 is 20.1. The van der Waals surface area contributed by atoms with E-state index in [1.807, 2.05) is 0 Å². The zero-order valence-electron chi connectivity index (χ0n) is 12.9. The number of ketones is 1. The molecule has 0 fully saturated rings. The second-order valence-corrected chi connectivity index (χ2v) is 6.49. The SMILES string of the molecule is C[C@H](Oc1cccc2c1CCC2=O)C(=O)Nc1ccc(Br)cc1F. The topological polar surface area (TPSA) is 55.4 Å². The third kappa shape index (κ3) is 3.33. The molecule has 0 saturated carbocycles. The Kier molecular flexibility index (Phi) is 4.66. The number of hydrogen-bond donors (Lipinski definition) is 1. The summed E-state index contributed by atoms with van der Waals surface area (Å²) in [4.78, 5) is 24.0. The van der Waals surface area contributed by atoms with Crippen molar-refractivity contribution in [1.82, 2.24) is 0 Å². The molecule has 1 N–H and O–H groups in total. The molecule has 4 nitrogen and oxygen atoms in total. The van der Waals surface area contributed by atoms with E-state index in [-0.39, 0.29) is 11.5 Å². The number of nitrogens with one attached hydrogen (secondary N) is 1. The Morgan fingerprint density at radius 3 is 2.83 bits per heavy atom. The van der Waals surface area contributed by atoms with Crippen LogP contribution in [0.25, 0.3) is 0 Å². The molecule has 2 aromatic rings. The van der Waals surface area contributed by atoms with Crippen molar-refractivity contribution in [3.05, 3.63) is 57.8 Å². The molecule has 0 aliphatic heterocycles. The van der Waals surface area contributed by atoms with Gasteiger partial charge in [0.2, 0.25) is 0 Å². The average Bonchev–Trinajstić information content (AvgIpc) is 2.92. The third-order valence-corrected chi connectivity index (χ3v) is 4.39. The maximum atomic E-state index is 13.8. The van der Waals surface area contributed by atoms with Crippen molar-refractivity contribution in [2.24, 2.45) is 0 Å². The maximum absolute atomic E-state index is 13.8. The van der Waals surface area contributed by atoms with Gasteiger partial charge in [-0.05, 0) is 37.6 Å². The zero-order valence-corrected chi connectivity index (χ0v) is 14.5. The van der Waals surface area contributed by atoms with E-state index in [0.29, 0.717) is 28.6 Å². The fourth-order valence-corrected chi connectivity index (χ4v) is 2.97. The Morgan fingerprint density at radius 1 is 1.29 bits per heavy atom. The van der Waals surface area contributed by atoms with Gasteiger partial charge in [0.25, 0.3) is 5.91 Å². The normalized spacial score (nSPS) is 14.2. The number of amides is 1. The largest absolute Gasteiger partial charge is 0.481 e. The summed E-state index contributed by atoms with van der Waals surface area (Å²) in [5, 5.41) is 2.51. The summed E-state index contributed by atoms with van der Waals surface area (Å²) >= 11 is 3.16. The standard InChI is InChI=1S/C18H15BrFNO3/c1-10(18(23)21-15-7-5-11(19)9-14(15)20)24-17-4-2-3-12-13(17)6-8-16(12)22/h2-5,7,9-10H,6,8H2,1H3,(H,21,23)/t10-/m0/s1. The molecule has 0 unspecified atom stereocenters. The van der Waals surface area contributed by atoms with Crippen LogP contribution in [-0.4, -0.2) is 17.8 Å². The van der Waals surface area contributed by atoms with Crippen molar-refractivity contribution in [2.45, 2.75) is 25.9 Å². The first-order chi connectivity index (χ1) is 11.5. The summed E-state index contributed by atoms with van der Waals surface area (Å²) in [5.41, 5.74) is 1.57. The number of carbonyl (C=O) groups excluding carboxylic acids is 2. The van der Waals surface area contributed by atoms with Crippen molar-refractivity contribution in [1.29, 1.82) is 0 Å². The van der Waals surface area contributed by atoms with Gasteiger partial charge in [-0.1, -0.05) is 28.1 Å². The summed E-state index contributed by atoms with van der Waals surface area (Å²) in [7, 11) is 0. The molecule has 1 aliphatic rings. The smallest absolute Gasteiger partial charge is 0.265 e. The molecule has 0 spiro atoms. The lowest BCUT2D eigenvalue weighted by Gasteiger charge is -2.17. The zero-order chi connectivity index (χ0) is 17.3. The summed E-state index contributed by atoms with van der Waals surface area (Å²) in [5.74, 6) is -0.379. The van der Waals surface area contributed by atoms with Crippen molar-refractivity contribution in [3.8, 4) is 5.75 Å². The molecule has 1 amide bonds. The summed E-state index contributed by atoms with van der Waals surface area (Å²) in [6.45, 7) is 1.59. The lowest BCUT2D eigenvalue weighted by atomic mass is 10.1. The Bertz CT molecular complexity index is 822. The van der Waals surface area contributed by atoms with Crippen molar-refractivity contribution >= 4 is 33.3 Å². The number of rotatable bonds is 4. The van der Waals surface area contributed by atoms with Crippen LogP contribution in [0.2, 0.25) is 0 Å². The summed E-state index contributed by atoms with van der Waals surface area (Å²) in [6, 6.07) is 9.62. The first kappa shape index (κ1) is 16.6. The number of halogens is 2. The second-order valence-electron chi connectivity index (χ2n) is 5.58. The highest BCUT2D eigenvalue weighted by molar-refractivity contribution is 9.10. The highest BCUT2D eigenvalue weighted by Gasteiger charge is 2.25. The molecule has 0 saturated heterocycles. The fraction of sp³-hybridized carbons (Fsp3) is 0.222. The number of benzene rings is 2. The van der Waals surface area contributed by atoms with Crippen LogP contribution in [-0.2, 0) is 11.2 Å². The van der Waals surface area contributed by atoms with Crippen molar-refractivity contribution in [2.75, 3.05) is 5.32 Å². The average molecular weight is 392 g/mol. The van der Waals surface area contributed by atoms with E-state index in [2.05, 4.69) is 21.2 Å².